The Bertz CT molecular complexity index is 1370. The van der Waals surface area contributed by atoms with Crippen molar-refractivity contribution >= 4 is 34.7 Å². The molecule has 0 N–H and O–H groups in total. The highest BCUT2D eigenvalue weighted by Crippen LogP contribution is 2.66. The Kier molecular flexibility index (Phi) is 3.34. The minimum atomic E-state index is -0.890. The summed E-state index contributed by atoms with van der Waals surface area (Å²) in [5, 5.41) is 27.5. The van der Waals surface area contributed by atoms with Crippen molar-refractivity contribution < 1.29 is 19.4 Å². The first kappa shape index (κ1) is 19.1. The number of amidine groups is 1. The molecular weight excluding hydrogens is 438 g/mol. The highest BCUT2D eigenvalue weighted by atomic mass is 32.2. The summed E-state index contributed by atoms with van der Waals surface area (Å²) in [7, 11) is 0. The maximum absolute atomic E-state index is 13.3. The van der Waals surface area contributed by atoms with Crippen LogP contribution in [0.5, 0.6) is 23.0 Å². The van der Waals surface area contributed by atoms with Crippen molar-refractivity contribution in [2.45, 2.75) is 48.6 Å². The minimum Gasteiger partial charge on any atom is -0.714 e. The van der Waals surface area contributed by atoms with Crippen molar-refractivity contribution in [3.05, 3.63) is 59.3 Å². The summed E-state index contributed by atoms with van der Waals surface area (Å²) >= 11 is 1.59. The summed E-state index contributed by atoms with van der Waals surface area (Å²) in [5.74, 6) is 2.91. The summed E-state index contributed by atoms with van der Waals surface area (Å²) in [6, 6.07) is 15.5. The zero-order valence-electron chi connectivity index (χ0n) is 18.5. The number of hydrogen-bond donors (Lipinski definition) is 0. The summed E-state index contributed by atoms with van der Waals surface area (Å²) < 4.78 is 13.4. The fourth-order valence-corrected chi connectivity index (χ4v) is 6.04. The molecule has 0 fully saturated rings. The number of para-hydroxylation sites is 2. The molecule has 3 aromatic carbocycles. The van der Waals surface area contributed by atoms with Crippen LogP contribution in [0, 0.1) is 5.21 Å². The van der Waals surface area contributed by atoms with Gasteiger partial charge >= 0.3 is 5.84 Å². The number of hydroxylamine groups is 3. The SMILES string of the molecule is CC1(C)N([O])C(c2cc3c4c(c2)Sc2cccc5c2N4c2c(cccc2O3)O5)=[N+]([O-])C1(C)C. The van der Waals surface area contributed by atoms with E-state index in [1.54, 1.807) is 45.5 Å². The first-order valence-electron chi connectivity index (χ1n) is 10.8. The molecule has 4 heterocycles. The van der Waals surface area contributed by atoms with Gasteiger partial charge in [-0.05, 0) is 64.1 Å². The molecule has 3 aromatic rings. The Morgan fingerprint density at radius 3 is 2.12 bits per heavy atom. The lowest BCUT2D eigenvalue weighted by atomic mass is 9.84. The molecule has 4 aliphatic heterocycles. The third kappa shape index (κ3) is 2.13. The topological polar surface area (TPSA) is 70.9 Å². The maximum Gasteiger partial charge on any atom is 0.316 e. The monoisotopic (exact) mass is 458 g/mol. The average molecular weight is 459 g/mol. The zero-order chi connectivity index (χ0) is 22.9. The van der Waals surface area contributed by atoms with Crippen LogP contribution < -0.4 is 14.4 Å². The van der Waals surface area contributed by atoms with Crippen molar-refractivity contribution in [1.82, 2.24) is 5.06 Å². The van der Waals surface area contributed by atoms with Gasteiger partial charge in [-0.1, -0.05) is 29.0 Å². The van der Waals surface area contributed by atoms with E-state index in [1.165, 1.54) is 0 Å². The van der Waals surface area contributed by atoms with Gasteiger partial charge in [-0.25, -0.2) is 0 Å². The normalized spacial score (nSPS) is 19.8. The van der Waals surface area contributed by atoms with E-state index >= 15 is 0 Å². The second kappa shape index (κ2) is 5.76. The summed E-state index contributed by atoms with van der Waals surface area (Å²) in [4.78, 5) is 4.15. The van der Waals surface area contributed by atoms with E-state index in [0.29, 0.717) is 17.1 Å². The first-order chi connectivity index (χ1) is 15.7. The fraction of sp³-hybridized carbons (Fsp3) is 0.240. The molecule has 0 saturated heterocycles. The van der Waals surface area contributed by atoms with E-state index in [4.69, 9.17) is 9.47 Å². The molecule has 0 aliphatic carbocycles. The molecular formula is C25H20N3O4S. The highest BCUT2D eigenvalue weighted by Gasteiger charge is 2.60. The van der Waals surface area contributed by atoms with Crippen LogP contribution in [0.25, 0.3) is 0 Å². The van der Waals surface area contributed by atoms with Gasteiger partial charge in [0.05, 0.1) is 5.56 Å². The van der Waals surface area contributed by atoms with Gasteiger partial charge in [0.15, 0.2) is 28.5 Å². The summed E-state index contributed by atoms with van der Waals surface area (Å²) in [5.41, 5.74) is 1.52. The van der Waals surface area contributed by atoms with Gasteiger partial charge in [0.1, 0.15) is 22.6 Å². The average Bonchev–Trinajstić information content (AvgIpc) is 2.90. The van der Waals surface area contributed by atoms with Crippen LogP contribution >= 0.6 is 11.8 Å². The van der Waals surface area contributed by atoms with E-state index < -0.39 is 11.1 Å². The van der Waals surface area contributed by atoms with Gasteiger partial charge < -0.3 is 14.7 Å². The van der Waals surface area contributed by atoms with E-state index in [9.17, 15) is 10.4 Å². The van der Waals surface area contributed by atoms with Crippen molar-refractivity contribution in [2.75, 3.05) is 4.90 Å². The minimum absolute atomic E-state index is 0.106. The quantitative estimate of drug-likeness (QED) is 0.212. The van der Waals surface area contributed by atoms with E-state index in [2.05, 4.69) is 11.0 Å². The van der Waals surface area contributed by atoms with Gasteiger partial charge in [-0.15, -0.1) is 0 Å². The third-order valence-electron chi connectivity index (χ3n) is 7.45. The Labute approximate surface area is 195 Å². The molecule has 8 heteroatoms. The lowest BCUT2D eigenvalue weighted by Gasteiger charge is -2.42. The van der Waals surface area contributed by atoms with Crippen LogP contribution in [-0.2, 0) is 5.21 Å². The van der Waals surface area contributed by atoms with Crippen molar-refractivity contribution in [3.63, 3.8) is 0 Å². The largest absolute Gasteiger partial charge is 0.714 e. The first-order valence-corrected chi connectivity index (χ1v) is 11.6. The molecule has 7 rings (SSSR count). The predicted octanol–water partition coefficient (Wildman–Crippen LogP) is 6.31. The molecule has 165 valence electrons. The molecule has 0 bridgehead atoms. The number of rotatable bonds is 1. The molecule has 0 unspecified atom stereocenters. The number of benzene rings is 3. The number of ether oxygens (including phenoxy) is 2. The molecule has 0 saturated carbocycles. The fourth-order valence-electron chi connectivity index (χ4n) is 4.90. The van der Waals surface area contributed by atoms with Crippen LogP contribution in [0.2, 0.25) is 0 Å². The Balaban J connectivity index is 1.50. The molecule has 4 aliphatic rings. The van der Waals surface area contributed by atoms with Crippen molar-refractivity contribution in [3.8, 4) is 23.0 Å². The van der Waals surface area contributed by atoms with E-state index in [-0.39, 0.29) is 5.84 Å². The second-order valence-corrected chi connectivity index (χ2v) is 10.8. The predicted molar refractivity (Wildman–Crippen MR) is 124 cm³/mol. The molecule has 1 radical (unpaired) electrons. The smallest absolute Gasteiger partial charge is 0.316 e. The van der Waals surface area contributed by atoms with Crippen LogP contribution in [0.3, 0.4) is 0 Å². The van der Waals surface area contributed by atoms with Crippen LogP contribution in [0.1, 0.15) is 33.3 Å². The maximum atomic E-state index is 13.3. The van der Waals surface area contributed by atoms with Crippen molar-refractivity contribution in [2.24, 2.45) is 0 Å². The number of anilines is 3. The molecule has 7 nitrogen and oxygen atoms in total. The van der Waals surface area contributed by atoms with Crippen LogP contribution in [0.4, 0.5) is 17.1 Å². The molecule has 0 aromatic heterocycles. The van der Waals surface area contributed by atoms with Crippen LogP contribution in [0.15, 0.2) is 58.3 Å². The standard InChI is InChI=1S/C25H20N3O4S/c1-24(2)25(3,4)28(30)23(27(24)29)13-11-17-22-19(12-13)33-18-10-6-9-16-21(18)26(22)20-14(31-16)7-5-8-15(20)32-17/h5-12H,1-4H3. The molecule has 0 amide bonds. The van der Waals surface area contributed by atoms with Gasteiger partial charge in [-0.2, -0.15) is 0 Å². The Morgan fingerprint density at radius 2 is 1.45 bits per heavy atom. The Morgan fingerprint density at radius 1 is 0.848 bits per heavy atom. The van der Waals surface area contributed by atoms with Crippen molar-refractivity contribution in [1.29, 1.82) is 0 Å². The molecule has 0 spiro atoms. The second-order valence-electron chi connectivity index (χ2n) is 9.70. The van der Waals surface area contributed by atoms with E-state index in [0.717, 1.165) is 48.2 Å². The lowest BCUT2D eigenvalue weighted by Crippen LogP contribution is -2.53. The molecule has 0 atom stereocenters. The van der Waals surface area contributed by atoms with Gasteiger partial charge in [0.25, 0.3) is 0 Å². The van der Waals surface area contributed by atoms with Crippen LogP contribution in [-0.4, -0.2) is 26.7 Å². The Hall–Kier alpha value is -3.36. The lowest BCUT2D eigenvalue weighted by molar-refractivity contribution is -0.539. The summed E-state index contributed by atoms with van der Waals surface area (Å²) in [6.07, 6.45) is 0. The van der Waals surface area contributed by atoms with E-state index in [1.807, 2.05) is 36.4 Å². The van der Waals surface area contributed by atoms with Gasteiger partial charge in [0, 0.05) is 15.0 Å². The number of nitrogens with zero attached hydrogens (tertiary/aromatic N) is 3. The van der Waals surface area contributed by atoms with Gasteiger partial charge in [-0.3, -0.25) is 9.64 Å². The van der Waals surface area contributed by atoms with Gasteiger partial charge in [0.2, 0.25) is 0 Å². The number of hydrogen-bond acceptors (Lipinski definition) is 6. The zero-order valence-corrected chi connectivity index (χ0v) is 19.3. The molecule has 33 heavy (non-hydrogen) atoms. The summed E-state index contributed by atoms with van der Waals surface area (Å²) in [6.45, 7) is 7.20. The highest BCUT2D eigenvalue weighted by molar-refractivity contribution is 7.99. The third-order valence-corrected chi connectivity index (χ3v) is 8.53.